The third-order valence-corrected chi connectivity index (χ3v) is 5.22. The lowest BCUT2D eigenvalue weighted by molar-refractivity contribution is -0.384. The van der Waals surface area contributed by atoms with Gasteiger partial charge in [0.05, 0.1) is 4.92 Å². The number of nitrogens with zero attached hydrogens (tertiary/aromatic N) is 3. The molecule has 0 atom stereocenters. The molecule has 0 bridgehead atoms. The first-order valence-corrected chi connectivity index (χ1v) is 10.5. The Kier molecular flexibility index (Phi) is 6.92. The third kappa shape index (κ3) is 5.94. The fourth-order valence-electron chi connectivity index (χ4n) is 3.50. The molecule has 168 valence electrons. The molecule has 0 unspecified atom stereocenters. The zero-order valence-electron chi connectivity index (χ0n) is 18.6. The first-order valence-electron chi connectivity index (χ1n) is 10.5. The maximum absolute atomic E-state index is 12.4. The molecule has 0 saturated carbocycles. The van der Waals surface area contributed by atoms with E-state index in [2.05, 4.69) is 10.2 Å². The number of piperazine rings is 1. The van der Waals surface area contributed by atoms with E-state index in [1.807, 2.05) is 49.9 Å². The number of nitro groups is 1. The van der Waals surface area contributed by atoms with Crippen molar-refractivity contribution in [1.82, 2.24) is 4.90 Å². The van der Waals surface area contributed by atoms with Gasteiger partial charge in [0.2, 0.25) is 11.8 Å². The van der Waals surface area contributed by atoms with Crippen molar-refractivity contribution in [3.05, 3.63) is 70.3 Å². The van der Waals surface area contributed by atoms with Gasteiger partial charge in [-0.3, -0.25) is 19.7 Å². The fraction of sp³-hybridized carbons (Fsp3) is 0.333. The highest BCUT2D eigenvalue weighted by molar-refractivity contribution is 6.02. The summed E-state index contributed by atoms with van der Waals surface area (Å²) in [7, 11) is 0. The number of amides is 2. The summed E-state index contributed by atoms with van der Waals surface area (Å²) in [6.45, 7) is 8.72. The van der Waals surface area contributed by atoms with Gasteiger partial charge in [0, 0.05) is 61.2 Å². The molecule has 8 nitrogen and oxygen atoms in total. The Hall–Kier alpha value is -3.68. The van der Waals surface area contributed by atoms with Crippen molar-refractivity contribution in [1.29, 1.82) is 0 Å². The standard InChI is InChI=1S/C24H28N4O4/c1-24(2,3)23(30)27-15-13-26(14-16-27)20-10-8-19(9-11-20)25-22(29)12-7-18-5-4-6-21(17-18)28(31)32/h4-12,17H,13-16H2,1-3H3,(H,25,29)/b12-7+. The minimum Gasteiger partial charge on any atom is -0.368 e. The highest BCUT2D eigenvalue weighted by Gasteiger charge is 2.29. The van der Waals surface area contributed by atoms with Crippen LogP contribution in [0.2, 0.25) is 0 Å². The number of carbonyl (C=O) groups excluding carboxylic acids is 2. The van der Waals surface area contributed by atoms with E-state index in [1.165, 1.54) is 24.3 Å². The molecule has 1 aliphatic rings. The molecule has 1 fully saturated rings. The SMILES string of the molecule is CC(C)(C)C(=O)N1CCN(c2ccc(NC(=O)/C=C/c3cccc([N+](=O)[O-])c3)cc2)CC1. The number of hydrogen-bond donors (Lipinski definition) is 1. The van der Waals surface area contributed by atoms with Crippen molar-refractivity contribution < 1.29 is 14.5 Å². The van der Waals surface area contributed by atoms with E-state index in [1.54, 1.807) is 12.1 Å². The van der Waals surface area contributed by atoms with Gasteiger partial charge in [-0.25, -0.2) is 0 Å². The molecule has 3 rings (SSSR count). The highest BCUT2D eigenvalue weighted by atomic mass is 16.6. The fourth-order valence-corrected chi connectivity index (χ4v) is 3.50. The summed E-state index contributed by atoms with van der Waals surface area (Å²) in [5.41, 5.74) is 1.88. The second-order valence-corrected chi connectivity index (χ2v) is 8.75. The topological polar surface area (TPSA) is 95.8 Å². The lowest BCUT2D eigenvalue weighted by Gasteiger charge is -2.38. The van der Waals surface area contributed by atoms with Crippen molar-refractivity contribution in [2.45, 2.75) is 20.8 Å². The summed E-state index contributed by atoms with van der Waals surface area (Å²) in [6, 6.07) is 13.6. The highest BCUT2D eigenvalue weighted by Crippen LogP contribution is 2.23. The normalized spacial score (nSPS) is 14.5. The number of hydrogen-bond acceptors (Lipinski definition) is 5. The number of nitro benzene ring substituents is 1. The van der Waals surface area contributed by atoms with Crippen molar-refractivity contribution in [3.8, 4) is 0 Å². The number of carbonyl (C=O) groups is 2. The van der Waals surface area contributed by atoms with Crippen molar-refractivity contribution in [2.24, 2.45) is 5.41 Å². The smallest absolute Gasteiger partial charge is 0.270 e. The molecule has 2 aromatic carbocycles. The predicted octanol–water partition coefficient (Wildman–Crippen LogP) is 3.94. The largest absolute Gasteiger partial charge is 0.368 e. The number of anilines is 2. The number of rotatable bonds is 5. The molecular weight excluding hydrogens is 408 g/mol. The number of nitrogens with one attached hydrogen (secondary N) is 1. The predicted molar refractivity (Wildman–Crippen MR) is 125 cm³/mol. The van der Waals surface area contributed by atoms with Crippen LogP contribution in [0.25, 0.3) is 6.08 Å². The first kappa shape index (κ1) is 23.0. The Morgan fingerprint density at radius 3 is 2.28 bits per heavy atom. The minimum atomic E-state index is -0.471. The molecule has 1 N–H and O–H groups in total. The Bertz CT molecular complexity index is 1020. The van der Waals surface area contributed by atoms with Crippen LogP contribution in [0.5, 0.6) is 0 Å². The van der Waals surface area contributed by atoms with Crippen molar-refractivity contribution >= 4 is 35.0 Å². The van der Waals surface area contributed by atoms with Gasteiger partial charge < -0.3 is 15.1 Å². The van der Waals surface area contributed by atoms with Crippen LogP contribution in [0.1, 0.15) is 26.3 Å². The quantitative estimate of drug-likeness (QED) is 0.435. The van der Waals surface area contributed by atoms with Gasteiger partial charge in [-0.2, -0.15) is 0 Å². The summed E-state index contributed by atoms with van der Waals surface area (Å²) in [4.78, 5) is 39.1. The Labute approximate surface area is 187 Å². The molecule has 1 heterocycles. The molecule has 1 aliphatic heterocycles. The van der Waals surface area contributed by atoms with Crippen LogP contribution in [0.3, 0.4) is 0 Å². The first-order chi connectivity index (χ1) is 15.1. The Balaban J connectivity index is 1.54. The van der Waals surface area contributed by atoms with Crippen LogP contribution < -0.4 is 10.2 Å². The Morgan fingerprint density at radius 1 is 1.03 bits per heavy atom. The lowest BCUT2D eigenvalue weighted by atomic mass is 9.94. The maximum Gasteiger partial charge on any atom is 0.270 e. The molecule has 32 heavy (non-hydrogen) atoms. The third-order valence-electron chi connectivity index (χ3n) is 5.22. The van der Waals surface area contributed by atoms with E-state index >= 15 is 0 Å². The van der Waals surface area contributed by atoms with Crippen LogP contribution in [-0.2, 0) is 9.59 Å². The van der Waals surface area contributed by atoms with Gasteiger partial charge >= 0.3 is 0 Å². The van der Waals surface area contributed by atoms with Crippen LogP contribution in [0.15, 0.2) is 54.6 Å². The van der Waals surface area contributed by atoms with Crippen LogP contribution in [-0.4, -0.2) is 47.8 Å². The lowest BCUT2D eigenvalue weighted by Crippen LogP contribution is -2.51. The minimum absolute atomic E-state index is 0.0215. The molecule has 2 aromatic rings. The monoisotopic (exact) mass is 436 g/mol. The van der Waals surface area contributed by atoms with E-state index in [4.69, 9.17) is 0 Å². The van der Waals surface area contributed by atoms with Gasteiger partial charge in [0.15, 0.2) is 0 Å². The van der Waals surface area contributed by atoms with Gasteiger partial charge in [0.1, 0.15) is 0 Å². The molecule has 1 saturated heterocycles. The van der Waals surface area contributed by atoms with Gasteiger partial charge in [-0.1, -0.05) is 32.9 Å². The average Bonchev–Trinajstić information content (AvgIpc) is 2.77. The second kappa shape index (κ2) is 9.64. The summed E-state index contributed by atoms with van der Waals surface area (Å²) in [5, 5.41) is 13.6. The van der Waals surface area contributed by atoms with E-state index < -0.39 is 4.92 Å². The molecule has 0 aliphatic carbocycles. The average molecular weight is 437 g/mol. The summed E-state index contributed by atoms with van der Waals surface area (Å²) in [6.07, 6.45) is 2.88. The summed E-state index contributed by atoms with van der Waals surface area (Å²) >= 11 is 0. The maximum atomic E-state index is 12.4. The zero-order valence-corrected chi connectivity index (χ0v) is 18.6. The Morgan fingerprint density at radius 2 is 1.69 bits per heavy atom. The molecule has 0 spiro atoms. The van der Waals surface area contributed by atoms with Gasteiger partial charge in [-0.15, -0.1) is 0 Å². The van der Waals surface area contributed by atoms with Crippen molar-refractivity contribution in [2.75, 3.05) is 36.4 Å². The molecule has 8 heteroatoms. The van der Waals surface area contributed by atoms with Crippen LogP contribution in [0, 0.1) is 15.5 Å². The van der Waals surface area contributed by atoms with E-state index in [0.29, 0.717) is 24.3 Å². The van der Waals surface area contributed by atoms with Crippen LogP contribution >= 0.6 is 0 Å². The van der Waals surface area contributed by atoms with E-state index in [9.17, 15) is 19.7 Å². The zero-order chi connectivity index (χ0) is 23.3. The molecule has 0 radical (unpaired) electrons. The van der Waals surface area contributed by atoms with E-state index in [0.717, 1.165) is 18.8 Å². The summed E-state index contributed by atoms with van der Waals surface area (Å²) in [5.74, 6) is -0.146. The second-order valence-electron chi connectivity index (χ2n) is 8.75. The molecule has 0 aromatic heterocycles. The van der Waals surface area contributed by atoms with Crippen molar-refractivity contribution in [3.63, 3.8) is 0 Å². The molecule has 2 amide bonds. The van der Waals surface area contributed by atoms with E-state index in [-0.39, 0.29) is 22.9 Å². The number of benzene rings is 2. The number of non-ortho nitro benzene ring substituents is 1. The van der Waals surface area contributed by atoms with Gasteiger partial charge in [-0.05, 0) is 35.9 Å². The van der Waals surface area contributed by atoms with Gasteiger partial charge in [0.25, 0.3) is 5.69 Å². The molecular formula is C24H28N4O4. The van der Waals surface area contributed by atoms with Crippen LogP contribution in [0.4, 0.5) is 17.1 Å². The summed E-state index contributed by atoms with van der Waals surface area (Å²) < 4.78 is 0.